The van der Waals surface area contributed by atoms with Crippen molar-refractivity contribution in [2.24, 2.45) is 0 Å². The number of nitrogens with zero attached hydrogens (tertiary/aromatic N) is 4. The normalized spacial score (nSPS) is 12.5. The highest BCUT2D eigenvalue weighted by Gasteiger charge is 2.00. The zero-order chi connectivity index (χ0) is 11.0. The Labute approximate surface area is 94.1 Å². The molecule has 0 bridgehead atoms. The van der Waals surface area contributed by atoms with Crippen LogP contribution in [0.4, 0.5) is 0 Å². The molecule has 0 atom stereocenters. The Morgan fingerprint density at radius 2 is 2.15 bits per heavy atom. The summed E-state index contributed by atoms with van der Waals surface area (Å²) in [5.74, 6) is 0.248. The van der Waals surface area contributed by atoms with Gasteiger partial charge in [-0.2, -0.15) is 0 Å². The molecule has 0 aliphatic heterocycles. The van der Waals surface area contributed by atoms with Gasteiger partial charge in [-0.3, -0.25) is 4.57 Å². The lowest BCUT2D eigenvalue weighted by atomic mass is 10.7. The van der Waals surface area contributed by atoms with Gasteiger partial charge in [-0.05, 0) is 37.9 Å². The molecule has 66 valence electrons. The molecule has 0 aromatic carbocycles. The second kappa shape index (κ2) is 3.55. The van der Waals surface area contributed by atoms with E-state index in [1.807, 2.05) is 0 Å². The van der Waals surface area contributed by atoms with E-state index in [1.54, 1.807) is 12.3 Å². The Kier molecular flexibility index (Phi) is 1.82. The lowest BCUT2D eigenvalue weighted by Gasteiger charge is -1.97. The number of aromatic nitrogens is 4. The monoisotopic (exact) mass is 304 g/mol. The van der Waals surface area contributed by atoms with Crippen LogP contribution in [0.1, 0.15) is 2.74 Å². The van der Waals surface area contributed by atoms with Crippen molar-refractivity contribution in [3.8, 4) is 5.95 Å². The maximum absolute atomic E-state index is 7.66. The van der Waals surface area contributed by atoms with Gasteiger partial charge < -0.3 is 0 Å². The fourth-order valence-corrected chi connectivity index (χ4v) is 1.30. The predicted octanol–water partition coefficient (Wildman–Crippen LogP) is 2.19. The van der Waals surface area contributed by atoms with Crippen molar-refractivity contribution in [2.45, 2.75) is 0 Å². The van der Waals surface area contributed by atoms with Crippen molar-refractivity contribution in [1.29, 1.82) is 0 Å². The van der Waals surface area contributed by atoms with Crippen molar-refractivity contribution < 1.29 is 2.74 Å². The van der Waals surface area contributed by atoms with Gasteiger partial charge >= 0.3 is 0 Å². The number of rotatable bonds is 1. The fraction of sp³-hybridized carbons (Fsp3) is 0. The summed E-state index contributed by atoms with van der Waals surface area (Å²) in [6, 6.07) is 1.67. The molecule has 13 heavy (non-hydrogen) atoms. The molecule has 2 rings (SSSR count). The summed E-state index contributed by atoms with van der Waals surface area (Å²) in [5, 5.41) is 0. The average molecular weight is 306 g/mol. The summed E-state index contributed by atoms with van der Waals surface area (Å²) >= 11 is 6.27. The van der Waals surface area contributed by atoms with E-state index < -0.39 is 0 Å². The molecular weight excluding hydrogens is 300 g/mol. The molecule has 0 radical (unpaired) electrons. The summed E-state index contributed by atoms with van der Waals surface area (Å²) < 4.78 is 17.3. The lowest BCUT2D eigenvalue weighted by molar-refractivity contribution is 0.916. The quantitative estimate of drug-likeness (QED) is 0.759. The third kappa shape index (κ3) is 1.94. The van der Waals surface area contributed by atoms with Crippen LogP contribution >= 0.6 is 31.9 Å². The fourth-order valence-electron chi connectivity index (χ4n) is 0.766. The van der Waals surface area contributed by atoms with E-state index in [0.29, 0.717) is 9.21 Å². The van der Waals surface area contributed by atoms with E-state index >= 15 is 0 Å². The molecule has 0 N–H and O–H groups in total. The van der Waals surface area contributed by atoms with E-state index in [0.717, 1.165) is 0 Å². The van der Waals surface area contributed by atoms with Crippen molar-refractivity contribution in [3.63, 3.8) is 0 Å². The van der Waals surface area contributed by atoms with Crippen molar-refractivity contribution in [2.75, 3.05) is 0 Å². The van der Waals surface area contributed by atoms with Gasteiger partial charge in [0.15, 0.2) is 0 Å². The van der Waals surface area contributed by atoms with Gasteiger partial charge in [-0.25, -0.2) is 15.0 Å². The van der Waals surface area contributed by atoms with Crippen LogP contribution in [0, 0.1) is 0 Å². The highest BCUT2D eigenvalue weighted by Crippen LogP contribution is 2.10. The van der Waals surface area contributed by atoms with Crippen LogP contribution < -0.4 is 0 Å². The van der Waals surface area contributed by atoms with Crippen molar-refractivity contribution >= 4 is 31.9 Å². The smallest absolute Gasteiger partial charge is 0.235 e. The number of hydrogen-bond acceptors (Lipinski definition) is 3. The summed E-state index contributed by atoms with van der Waals surface area (Å²) in [6.07, 6.45) is 1.52. The van der Waals surface area contributed by atoms with Gasteiger partial charge in [0, 0.05) is 12.4 Å². The van der Waals surface area contributed by atoms with E-state index in [9.17, 15) is 0 Å². The molecule has 0 fully saturated rings. The number of halogens is 2. The van der Waals surface area contributed by atoms with E-state index in [4.69, 9.17) is 2.74 Å². The molecule has 0 aliphatic carbocycles. The van der Waals surface area contributed by atoms with Crippen LogP contribution in [0.3, 0.4) is 0 Å². The van der Waals surface area contributed by atoms with E-state index in [1.165, 1.54) is 4.57 Å². The maximum atomic E-state index is 7.66. The molecule has 0 saturated heterocycles. The van der Waals surface area contributed by atoms with Crippen LogP contribution in [-0.4, -0.2) is 19.5 Å². The summed E-state index contributed by atoms with van der Waals surface area (Å²) in [7, 11) is 0. The first-order valence-corrected chi connectivity index (χ1v) is 4.88. The van der Waals surface area contributed by atoms with Crippen LogP contribution in [-0.2, 0) is 0 Å². The summed E-state index contributed by atoms with van der Waals surface area (Å²) in [5.41, 5.74) is 0. The molecular formula is C7H4Br2N4. The molecule has 6 heteroatoms. The average Bonchev–Trinajstić information content (AvgIpc) is 2.41. The van der Waals surface area contributed by atoms with Crippen LogP contribution in [0.15, 0.2) is 33.9 Å². The lowest BCUT2D eigenvalue weighted by Crippen LogP contribution is -1.97. The second-order valence-electron chi connectivity index (χ2n) is 2.13. The van der Waals surface area contributed by atoms with Gasteiger partial charge in [-0.1, -0.05) is 0 Å². The van der Waals surface area contributed by atoms with Crippen molar-refractivity contribution in [3.05, 3.63) is 33.9 Å². The summed E-state index contributed by atoms with van der Waals surface area (Å²) in [6.45, 7) is 0. The predicted molar refractivity (Wildman–Crippen MR) is 54.6 cm³/mol. The largest absolute Gasteiger partial charge is 0.273 e. The molecule has 0 amide bonds. The third-order valence-electron chi connectivity index (χ3n) is 1.26. The zero-order valence-corrected chi connectivity index (χ0v) is 9.37. The SMILES string of the molecule is [2H]c1nc(Br)c([2H])n1-c1nccc(Br)n1. The third-order valence-corrected chi connectivity index (χ3v) is 2.06. The first kappa shape index (κ1) is 6.67. The van der Waals surface area contributed by atoms with Gasteiger partial charge in [0.1, 0.15) is 16.9 Å². The van der Waals surface area contributed by atoms with Gasteiger partial charge in [0.05, 0.1) is 1.37 Å². The topological polar surface area (TPSA) is 43.6 Å². The Hall–Kier alpha value is -0.750. The van der Waals surface area contributed by atoms with E-state index in [2.05, 4.69) is 46.8 Å². The first-order valence-electron chi connectivity index (χ1n) is 4.30. The molecule has 0 unspecified atom stereocenters. The minimum Gasteiger partial charge on any atom is -0.273 e. The standard InChI is InChI=1S/C7H4Br2N4/c8-5-1-2-10-7(12-5)13-3-6(9)11-4-13/h1-4H/i3D,4D. The molecule has 2 heterocycles. The molecule has 2 aromatic rings. The minimum atomic E-state index is -0.0787. The van der Waals surface area contributed by atoms with E-state index in [-0.39, 0.29) is 18.4 Å². The molecule has 0 spiro atoms. The number of hydrogen-bond donors (Lipinski definition) is 0. The number of imidazole rings is 1. The van der Waals surface area contributed by atoms with Gasteiger partial charge in [0.25, 0.3) is 0 Å². The highest BCUT2D eigenvalue weighted by molar-refractivity contribution is 9.10. The Bertz CT molecular complexity index is 514. The van der Waals surface area contributed by atoms with Crippen molar-refractivity contribution in [1.82, 2.24) is 19.5 Å². The zero-order valence-electron chi connectivity index (χ0n) is 8.20. The Balaban J connectivity index is 2.63. The molecule has 4 nitrogen and oxygen atoms in total. The first-order chi connectivity index (χ1) is 7.09. The Morgan fingerprint density at radius 3 is 2.77 bits per heavy atom. The molecule has 0 saturated carbocycles. The van der Waals surface area contributed by atoms with Crippen LogP contribution in [0.5, 0.6) is 0 Å². The van der Waals surface area contributed by atoms with Crippen LogP contribution in [0.25, 0.3) is 5.95 Å². The van der Waals surface area contributed by atoms with Crippen LogP contribution in [0.2, 0.25) is 0 Å². The van der Waals surface area contributed by atoms with Gasteiger partial charge in [-0.15, -0.1) is 0 Å². The maximum Gasteiger partial charge on any atom is 0.235 e. The Morgan fingerprint density at radius 1 is 1.31 bits per heavy atom. The summed E-state index contributed by atoms with van der Waals surface area (Å²) in [4.78, 5) is 11.8. The second-order valence-corrected chi connectivity index (χ2v) is 3.69. The molecule has 2 aromatic heterocycles. The minimum absolute atomic E-state index is 0.0538. The van der Waals surface area contributed by atoms with Gasteiger partial charge in [0.2, 0.25) is 5.95 Å². The highest BCUT2D eigenvalue weighted by atomic mass is 79.9. The molecule has 0 aliphatic rings.